The summed E-state index contributed by atoms with van der Waals surface area (Å²) in [6, 6.07) is 15.5. The Balaban J connectivity index is 1.27. The van der Waals surface area contributed by atoms with Crippen molar-refractivity contribution in [2.45, 2.75) is 12.8 Å². The molecule has 5 rings (SSSR count). The number of carbonyl (C=O) groups is 1. The normalized spacial score (nSPS) is 11.3. The van der Waals surface area contributed by atoms with Gasteiger partial charge in [0, 0.05) is 38.2 Å². The fourth-order valence-electron chi connectivity index (χ4n) is 3.83. The van der Waals surface area contributed by atoms with Crippen LogP contribution in [0.25, 0.3) is 33.6 Å². The second-order valence-electron chi connectivity index (χ2n) is 7.81. The molecular formula is C23H21N7O3. The predicted octanol–water partition coefficient (Wildman–Crippen LogP) is 2.07. The molecule has 0 saturated carbocycles. The molecule has 1 amide bonds. The molecule has 0 aliphatic carbocycles. The molecule has 5 aromatic rings. The summed E-state index contributed by atoms with van der Waals surface area (Å²) in [6.07, 6.45) is 0.463. The Hall–Kier alpha value is -4.47. The zero-order chi connectivity index (χ0) is 23.1. The number of amides is 1. The number of carbonyl (C=O) groups excluding carboxylic acids is 1. The van der Waals surface area contributed by atoms with Crippen molar-refractivity contribution in [1.29, 1.82) is 0 Å². The van der Waals surface area contributed by atoms with E-state index in [9.17, 15) is 14.4 Å². The van der Waals surface area contributed by atoms with Crippen LogP contribution in [0, 0.1) is 0 Å². The second kappa shape index (κ2) is 7.90. The molecule has 10 nitrogen and oxygen atoms in total. The van der Waals surface area contributed by atoms with Crippen LogP contribution < -0.4 is 16.6 Å². The average molecular weight is 443 g/mol. The van der Waals surface area contributed by atoms with Crippen molar-refractivity contribution in [2.24, 2.45) is 14.1 Å². The van der Waals surface area contributed by atoms with Crippen LogP contribution in [0.3, 0.4) is 0 Å². The Kier molecular flexibility index (Phi) is 4.89. The van der Waals surface area contributed by atoms with Crippen molar-refractivity contribution < 1.29 is 4.79 Å². The van der Waals surface area contributed by atoms with Crippen LogP contribution in [0.1, 0.15) is 12.2 Å². The molecule has 166 valence electrons. The number of nitrogens with zero attached hydrogens (tertiary/aromatic N) is 4. The third-order valence-corrected chi connectivity index (χ3v) is 5.61. The first-order valence-corrected chi connectivity index (χ1v) is 10.4. The number of benzene rings is 2. The first-order valence-electron chi connectivity index (χ1n) is 10.4. The summed E-state index contributed by atoms with van der Waals surface area (Å²) in [4.78, 5) is 50.1. The van der Waals surface area contributed by atoms with E-state index in [0.717, 1.165) is 22.4 Å². The molecule has 0 saturated heterocycles. The third kappa shape index (κ3) is 3.71. The highest BCUT2D eigenvalue weighted by molar-refractivity contribution is 5.91. The van der Waals surface area contributed by atoms with Crippen molar-refractivity contribution in [2.75, 3.05) is 5.32 Å². The Morgan fingerprint density at radius 1 is 0.970 bits per heavy atom. The summed E-state index contributed by atoms with van der Waals surface area (Å²) in [5, 5.41) is 2.87. The molecule has 3 N–H and O–H groups in total. The van der Waals surface area contributed by atoms with E-state index in [1.54, 1.807) is 0 Å². The van der Waals surface area contributed by atoms with E-state index in [2.05, 4.69) is 20.3 Å². The molecule has 0 aliphatic rings. The molecule has 3 heterocycles. The second-order valence-corrected chi connectivity index (χ2v) is 7.81. The summed E-state index contributed by atoms with van der Waals surface area (Å²) in [6.45, 7) is 0. The van der Waals surface area contributed by atoms with E-state index in [1.165, 1.54) is 11.6 Å². The number of fused-ring (bicyclic) bond motifs is 2. The fourth-order valence-corrected chi connectivity index (χ4v) is 3.83. The van der Waals surface area contributed by atoms with Gasteiger partial charge in [0.05, 0.1) is 11.0 Å². The van der Waals surface area contributed by atoms with Gasteiger partial charge in [-0.25, -0.2) is 14.8 Å². The van der Waals surface area contributed by atoms with Crippen LogP contribution in [0.2, 0.25) is 0 Å². The standard InChI is InChI=1S/C23H21N7O3/c1-29-16-6-4-3-5-15(16)25-20(29)13-7-9-14(10-8-13)24-18(31)12-11-17-26-19-21(27-17)30(2)23(33)28-22(19)32/h3-10H,11-12H2,1-2H3,(H,24,31)(H,26,27)(H,28,32,33). The zero-order valence-corrected chi connectivity index (χ0v) is 18.0. The van der Waals surface area contributed by atoms with Crippen molar-refractivity contribution in [3.63, 3.8) is 0 Å². The average Bonchev–Trinajstić information content (AvgIpc) is 3.39. The Labute approximate surface area is 186 Å². The summed E-state index contributed by atoms with van der Waals surface area (Å²) in [5.74, 6) is 1.13. The molecule has 3 aromatic heterocycles. The first-order chi connectivity index (χ1) is 15.9. The summed E-state index contributed by atoms with van der Waals surface area (Å²) in [7, 11) is 3.50. The van der Waals surface area contributed by atoms with Gasteiger partial charge in [0.1, 0.15) is 17.2 Å². The minimum atomic E-state index is -0.537. The highest BCUT2D eigenvalue weighted by atomic mass is 16.2. The third-order valence-electron chi connectivity index (χ3n) is 5.61. The van der Waals surface area contributed by atoms with E-state index in [-0.39, 0.29) is 23.5 Å². The smallest absolute Gasteiger partial charge is 0.329 e. The molecule has 0 bridgehead atoms. The molecule has 0 atom stereocenters. The highest BCUT2D eigenvalue weighted by Gasteiger charge is 2.13. The number of rotatable bonds is 5. The van der Waals surface area contributed by atoms with Gasteiger partial charge in [-0.1, -0.05) is 12.1 Å². The number of hydrogen-bond donors (Lipinski definition) is 3. The topological polar surface area (TPSA) is 130 Å². The van der Waals surface area contributed by atoms with Gasteiger partial charge in [-0.3, -0.25) is 19.1 Å². The number of para-hydroxylation sites is 2. The van der Waals surface area contributed by atoms with Gasteiger partial charge in [-0.2, -0.15) is 0 Å². The zero-order valence-electron chi connectivity index (χ0n) is 18.0. The fraction of sp³-hybridized carbons (Fsp3) is 0.174. The van der Waals surface area contributed by atoms with E-state index in [0.29, 0.717) is 17.9 Å². The Morgan fingerprint density at radius 3 is 2.48 bits per heavy atom. The maximum Gasteiger partial charge on any atom is 0.329 e. The summed E-state index contributed by atoms with van der Waals surface area (Å²) >= 11 is 0. The molecular weight excluding hydrogens is 422 g/mol. The van der Waals surface area contributed by atoms with Gasteiger partial charge < -0.3 is 14.9 Å². The Morgan fingerprint density at radius 2 is 1.73 bits per heavy atom. The van der Waals surface area contributed by atoms with Gasteiger partial charge in [0.2, 0.25) is 5.91 Å². The molecule has 33 heavy (non-hydrogen) atoms. The van der Waals surface area contributed by atoms with E-state index in [4.69, 9.17) is 4.98 Å². The first kappa shape index (κ1) is 20.4. The molecule has 0 aliphatic heterocycles. The number of hydrogen-bond acceptors (Lipinski definition) is 5. The predicted molar refractivity (Wildman–Crippen MR) is 125 cm³/mol. The minimum absolute atomic E-state index is 0.165. The number of H-pyrrole nitrogens is 2. The van der Waals surface area contributed by atoms with E-state index in [1.807, 2.05) is 60.1 Å². The summed E-state index contributed by atoms with van der Waals surface area (Å²) in [5.41, 5.74) is 3.01. The number of aromatic nitrogens is 6. The van der Waals surface area contributed by atoms with Gasteiger partial charge >= 0.3 is 5.69 Å². The lowest BCUT2D eigenvalue weighted by Gasteiger charge is -2.07. The van der Waals surface area contributed by atoms with Crippen molar-refractivity contribution in [1.82, 2.24) is 29.1 Å². The highest BCUT2D eigenvalue weighted by Crippen LogP contribution is 2.24. The van der Waals surface area contributed by atoms with Crippen LogP contribution in [-0.2, 0) is 25.3 Å². The molecule has 0 spiro atoms. The molecule has 2 aromatic carbocycles. The Bertz CT molecular complexity index is 1620. The lowest BCUT2D eigenvalue weighted by Crippen LogP contribution is -2.28. The summed E-state index contributed by atoms with van der Waals surface area (Å²) < 4.78 is 3.29. The molecule has 10 heteroatoms. The van der Waals surface area contributed by atoms with E-state index < -0.39 is 11.2 Å². The van der Waals surface area contributed by atoms with Crippen molar-refractivity contribution >= 4 is 33.8 Å². The van der Waals surface area contributed by atoms with Gasteiger partial charge in [0.15, 0.2) is 5.65 Å². The molecule has 0 radical (unpaired) electrons. The molecule has 0 unspecified atom stereocenters. The van der Waals surface area contributed by atoms with E-state index >= 15 is 0 Å². The maximum atomic E-state index is 12.4. The lowest BCUT2D eigenvalue weighted by atomic mass is 10.2. The van der Waals surface area contributed by atoms with Crippen LogP contribution in [-0.4, -0.2) is 35.0 Å². The van der Waals surface area contributed by atoms with Crippen molar-refractivity contribution in [3.8, 4) is 11.4 Å². The van der Waals surface area contributed by atoms with Crippen LogP contribution in [0.5, 0.6) is 0 Å². The number of imidazole rings is 2. The number of aryl methyl sites for hydroxylation is 3. The van der Waals surface area contributed by atoms with Crippen LogP contribution in [0.4, 0.5) is 5.69 Å². The lowest BCUT2D eigenvalue weighted by molar-refractivity contribution is -0.116. The quantitative estimate of drug-likeness (QED) is 0.383. The monoisotopic (exact) mass is 443 g/mol. The maximum absolute atomic E-state index is 12.4. The van der Waals surface area contributed by atoms with Gasteiger partial charge in [-0.15, -0.1) is 0 Å². The number of anilines is 1. The molecule has 0 fully saturated rings. The van der Waals surface area contributed by atoms with Crippen molar-refractivity contribution in [3.05, 3.63) is 75.2 Å². The SMILES string of the molecule is Cn1c(-c2ccc(NC(=O)CCc3nc4c([nH]3)c(=O)[nH]c(=O)n4C)cc2)nc2ccccc21. The number of nitrogens with one attached hydrogen (secondary N) is 3. The van der Waals surface area contributed by atoms with Crippen LogP contribution in [0.15, 0.2) is 58.1 Å². The van der Waals surface area contributed by atoms with Gasteiger partial charge in [0.25, 0.3) is 5.56 Å². The van der Waals surface area contributed by atoms with Gasteiger partial charge in [-0.05, 0) is 36.4 Å². The minimum Gasteiger partial charge on any atom is -0.336 e. The van der Waals surface area contributed by atoms with Crippen LogP contribution >= 0.6 is 0 Å². The largest absolute Gasteiger partial charge is 0.336 e. The number of aromatic amines is 2.